The number of nitrogens with one attached hydrogen (secondary N) is 1. The zero-order valence-corrected chi connectivity index (χ0v) is 12.2. The summed E-state index contributed by atoms with van der Waals surface area (Å²) in [5.74, 6) is 0. The first-order valence-electron chi connectivity index (χ1n) is 7.89. The molecule has 0 bridgehead atoms. The summed E-state index contributed by atoms with van der Waals surface area (Å²) in [4.78, 5) is 0. The third-order valence-corrected chi connectivity index (χ3v) is 3.93. The molecule has 1 N–H and O–H groups in total. The van der Waals surface area contributed by atoms with Crippen LogP contribution in [-0.2, 0) is 0 Å². The molecule has 104 valence electrons. The monoisotopic (exact) mass is 257 g/mol. The van der Waals surface area contributed by atoms with Crippen molar-refractivity contribution in [1.29, 1.82) is 0 Å². The molecule has 0 heterocycles. The fraction of sp³-hybridized carbons (Fsp3) is 0.556. The van der Waals surface area contributed by atoms with Crippen LogP contribution in [-0.4, -0.2) is 6.54 Å². The summed E-state index contributed by atoms with van der Waals surface area (Å²) in [5.41, 5.74) is 3.03. The van der Waals surface area contributed by atoms with Crippen LogP contribution in [0.25, 0.3) is 0 Å². The largest absolute Gasteiger partial charge is 0.307 e. The topological polar surface area (TPSA) is 12.0 Å². The van der Waals surface area contributed by atoms with Crippen LogP contribution in [0.5, 0.6) is 0 Å². The van der Waals surface area contributed by atoms with Crippen LogP contribution in [0.1, 0.15) is 63.5 Å². The molecule has 0 aromatic heterocycles. The molecule has 2 rings (SSSR count). The molecule has 19 heavy (non-hydrogen) atoms. The van der Waals surface area contributed by atoms with Gasteiger partial charge in [0.05, 0.1) is 6.04 Å². The summed E-state index contributed by atoms with van der Waals surface area (Å²) < 4.78 is 0. The normalized spacial score (nSPS) is 21.0. The first-order chi connectivity index (χ1) is 9.42. The molecule has 1 nitrogen and oxygen atoms in total. The van der Waals surface area contributed by atoms with E-state index >= 15 is 0 Å². The summed E-state index contributed by atoms with van der Waals surface area (Å²) in [5, 5.41) is 3.74. The van der Waals surface area contributed by atoms with Crippen molar-refractivity contribution in [3.63, 3.8) is 0 Å². The molecule has 1 heteroatoms. The number of rotatable bonds is 5. The molecule has 0 spiro atoms. The van der Waals surface area contributed by atoms with Gasteiger partial charge in [-0.15, -0.1) is 0 Å². The van der Waals surface area contributed by atoms with E-state index in [0.717, 1.165) is 6.54 Å². The van der Waals surface area contributed by atoms with Crippen LogP contribution in [0.2, 0.25) is 0 Å². The third kappa shape index (κ3) is 4.50. The van der Waals surface area contributed by atoms with Crippen molar-refractivity contribution in [2.75, 3.05) is 6.54 Å². The lowest BCUT2D eigenvalue weighted by Crippen LogP contribution is -2.24. The maximum absolute atomic E-state index is 3.74. The minimum atomic E-state index is 0.430. The van der Waals surface area contributed by atoms with E-state index in [9.17, 15) is 0 Å². The highest BCUT2D eigenvalue weighted by molar-refractivity contribution is 5.28. The lowest BCUT2D eigenvalue weighted by Gasteiger charge is -2.24. The van der Waals surface area contributed by atoms with Crippen molar-refractivity contribution in [2.24, 2.45) is 0 Å². The average Bonchev–Trinajstić information content (AvgIpc) is 2.42. The molecular formula is C18H27N. The molecule has 1 aromatic carbocycles. The molecule has 0 radical (unpaired) electrons. The Morgan fingerprint density at radius 2 is 1.84 bits per heavy atom. The highest BCUT2D eigenvalue weighted by Crippen LogP contribution is 2.28. The molecule has 0 fully saturated rings. The average molecular weight is 257 g/mol. The van der Waals surface area contributed by atoms with Crippen LogP contribution in [0.4, 0.5) is 0 Å². The summed E-state index contributed by atoms with van der Waals surface area (Å²) in [6, 6.07) is 11.4. The van der Waals surface area contributed by atoms with E-state index in [4.69, 9.17) is 0 Å². The van der Waals surface area contributed by atoms with E-state index in [0.29, 0.717) is 6.04 Å². The maximum atomic E-state index is 3.74. The van der Waals surface area contributed by atoms with Crippen LogP contribution < -0.4 is 5.32 Å². The van der Waals surface area contributed by atoms with Gasteiger partial charge in [-0.05, 0) is 44.2 Å². The Kier molecular flexibility index (Phi) is 6.16. The van der Waals surface area contributed by atoms with Gasteiger partial charge in [0.1, 0.15) is 0 Å². The zero-order chi connectivity index (χ0) is 13.3. The number of benzene rings is 1. The van der Waals surface area contributed by atoms with E-state index in [-0.39, 0.29) is 0 Å². The zero-order valence-electron chi connectivity index (χ0n) is 12.2. The van der Waals surface area contributed by atoms with Gasteiger partial charge in [-0.3, -0.25) is 0 Å². The third-order valence-electron chi connectivity index (χ3n) is 3.93. The highest BCUT2D eigenvalue weighted by atomic mass is 14.9. The Morgan fingerprint density at radius 3 is 2.63 bits per heavy atom. The van der Waals surface area contributed by atoms with Gasteiger partial charge in [0.2, 0.25) is 0 Å². The Hall–Kier alpha value is -1.08. The molecule has 1 unspecified atom stereocenters. The van der Waals surface area contributed by atoms with E-state index in [1.165, 1.54) is 50.5 Å². The van der Waals surface area contributed by atoms with Crippen molar-refractivity contribution in [1.82, 2.24) is 5.32 Å². The second kappa shape index (κ2) is 8.16. The van der Waals surface area contributed by atoms with Gasteiger partial charge in [0.25, 0.3) is 0 Å². The summed E-state index contributed by atoms with van der Waals surface area (Å²) in [7, 11) is 0. The standard InChI is InChI=1S/C18H27N/c1-2-15-19-18(17-13-9-6-10-14-17)16-11-7-4-3-5-8-12-16/h6,9-11,13-14,18-19H,2-5,7-8,12,15H2,1H3/b16-11+. The predicted molar refractivity (Wildman–Crippen MR) is 83.3 cm³/mol. The van der Waals surface area contributed by atoms with Crippen LogP contribution in [0.3, 0.4) is 0 Å². The van der Waals surface area contributed by atoms with Gasteiger partial charge >= 0.3 is 0 Å². The summed E-state index contributed by atoms with van der Waals surface area (Å²) in [6.07, 6.45) is 11.7. The van der Waals surface area contributed by atoms with E-state index in [1.54, 1.807) is 5.57 Å². The molecule has 0 saturated heterocycles. The fourth-order valence-corrected chi connectivity index (χ4v) is 2.88. The van der Waals surface area contributed by atoms with Crippen LogP contribution in [0.15, 0.2) is 42.0 Å². The lowest BCUT2D eigenvalue weighted by atomic mass is 9.91. The first kappa shape index (κ1) is 14.3. The van der Waals surface area contributed by atoms with Crippen LogP contribution >= 0.6 is 0 Å². The Balaban J connectivity index is 2.15. The predicted octanol–water partition coefficient (Wildman–Crippen LogP) is 5.01. The van der Waals surface area contributed by atoms with Crippen molar-refractivity contribution in [2.45, 2.75) is 57.9 Å². The molecule has 1 aromatic rings. The van der Waals surface area contributed by atoms with Gasteiger partial charge in [0.15, 0.2) is 0 Å². The Morgan fingerprint density at radius 1 is 1.05 bits per heavy atom. The fourth-order valence-electron chi connectivity index (χ4n) is 2.88. The van der Waals surface area contributed by atoms with Gasteiger partial charge in [0, 0.05) is 0 Å². The SMILES string of the molecule is CCCNC(/C1=C/CCCCCC1)c1ccccc1. The molecule has 1 atom stereocenters. The van der Waals surface area contributed by atoms with Crippen molar-refractivity contribution < 1.29 is 0 Å². The minimum Gasteiger partial charge on any atom is -0.307 e. The molecule has 0 saturated carbocycles. The van der Waals surface area contributed by atoms with Crippen LogP contribution in [0, 0.1) is 0 Å². The van der Waals surface area contributed by atoms with Gasteiger partial charge in [-0.2, -0.15) is 0 Å². The highest BCUT2D eigenvalue weighted by Gasteiger charge is 2.16. The van der Waals surface area contributed by atoms with Gasteiger partial charge in [-0.1, -0.05) is 61.7 Å². The van der Waals surface area contributed by atoms with Gasteiger partial charge in [-0.25, -0.2) is 0 Å². The molecule has 0 aliphatic heterocycles. The summed E-state index contributed by atoms with van der Waals surface area (Å²) in [6.45, 7) is 3.33. The second-order valence-electron chi connectivity index (χ2n) is 5.53. The van der Waals surface area contributed by atoms with E-state index < -0.39 is 0 Å². The lowest BCUT2D eigenvalue weighted by molar-refractivity contribution is 0.540. The second-order valence-corrected chi connectivity index (χ2v) is 5.53. The minimum absolute atomic E-state index is 0.430. The number of allylic oxidation sites excluding steroid dienone is 1. The molecular weight excluding hydrogens is 230 g/mol. The first-order valence-corrected chi connectivity index (χ1v) is 7.89. The van der Waals surface area contributed by atoms with E-state index in [2.05, 4.69) is 48.6 Å². The van der Waals surface area contributed by atoms with E-state index in [1.807, 2.05) is 0 Å². The molecule has 1 aliphatic rings. The van der Waals surface area contributed by atoms with Gasteiger partial charge < -0.3 is 5.32 Å². The van der Waals surface area contributed by atoms with Crippen molar-refractivity contribution in [3.8, 4) is 0 Å². The van der Waals surface area contributed by atoms with Crippen molar-refractivity contribution >= 4 is 0 Å². The summed E-state index contributed by atoms with van der Waals surface area (Å²) >= 11 is 0. The Bertz CT molecular complexity index is 380. The molecule has 1 aliphatic carbocycles. The number of hydrogen-bond donors (Lipinski definition) is 1. The maximum Gasteiger partial charge on any atom is 0.0536 e. The molecule has 0 amide bonds. The Labute approximate surface area is 118 Å². The quantitative estimate of drug-likeness (QED) is 0.731. The number of hydrogen-bond acceptors (Lipinski definition) is 1. The smallest absolute Gasteiger partial charge is 0.0536 e. The van der Waals surface area contributed by atoms with Crippen molar-refractivity contribution in [3.05, 3.63) is 47.5 Å².